The van der Waals surface area contributed by atoms with Crippen molar-refractivity contribution in [3.05, 3.63) is 59.4 Å². The van der Waals surface area contributed by atoms with E-state index in [0.29, 0.717) is 23.5 Å². The minimum atomic E-state index is -0.875. The highest BCUT2D eigenvalue weighted by Gasteiger charge is 2.06. The van der Waals surface area contributed by atoms with Crippen LogP contribution in [0.15, 0.2) is 36.5 Å². The molecule has 1 aromatic heterocycles. The third-order valence-electron chi connectivity index (χ3n) is 2.51. The van der Waals surface area contributed by atoms with Crippen LogP contribution in [0.25, 0.3) is 0 Å². The molecule has 0 atom stereocenters. The van der Waals surface area contributed by atoms with Crippen molar-refractivity contribution in [1.29, 1.82) is 0 Å². The van der Waals surface area contributed by atoms with Crippen molar-refractivity contribution < 1.29 is 8.78 Å². The molecule has 3 nitrogen and oxygen atoms in total. The molecule has 1 aromatic carbocycles. The molecule has 0 amide bonds. The van der Waals surface area contributed by atoms with Crippen molar-refractivity contribution in [2.75, 3.05) is 5.32 Å². The fraction of sp³-hybridized carbons (Fsp3) is 0.0769. The number of halogens is 2. The summed E-state index contributed by atoms with van der Waals surface area (Å²) < 4.78 is 25.8. The Hall–Kier alpha value is -2.08. The van der Waals surface area contributed by atoms with Crippen LogP contribution in [-0.2, 0) is 6.54 Å². The fourth-order valence-corrected chi connectivity index (χ4v) is 1.75. The Morgan fingerprint density at radius 1 is 1.26 bits per heavy atom. The van der Waals surface area contributed by atoms with Gasteiger partial charge in [-0.1, -0.05) is 18.3 Å². The summed E-state index contributed by atoms with van der Waals surface area (Å²) in [7, 11) is 0. The molecule has 6 heteroatoms. The van der Waals surface area contributed by atoms with Gasteiger partial charge in [-0.25, -0.2) is 8.78 Å². The van der Waals surface area contributed by atoms with Gasteiger partial charge in [-0.15, -0.1) is 0 Å². The second-order valence-electron chi connectivity index (χ2n) is 3.87. The molecule has 19 heavy (non-hydrogen) atoms. The minimum Gasteiger partial charge on any atom is -0.388 e. The molecule has 0 saturated heterocycles. The van der Waals surface area contributed by atoms with Crippen LogP contribution >= 0.6 is 12.2 Å². The van der Waals surface area contributed by atoms with Gasteiger partial charge in [-0.05, 0) is 29.8 Å². The average molecular weight is 279 g/mol. The van der Waals surface area contributed by atoms with Gasteiger partial charge in [-0.3, -0.25) is 4.98 Å². The number of benzene rings is 1. The van der Waals surface area contributed by atoms with E-state index in [0.717, 1.165) is 12.1 Å². The van der Waals surface area contributed by atoms with E-state index in [1.807, 2.05) is 0 Å². The molecule has 2 aromatic rings. The first-order valence-corrected chi connectivity index (χ1v) is 5.91. The highest BCUT2D eigenvalue weighted by atomic mass is 32.1. The normalized spacial score (nSPS) is 10.2. The zero-order valence-electron chi connectivity index (χ0n) is 9.86. The number of hydrogen-bond acceptors (Lipinski definition) is 3. The quantitative estimate of drug-likeness (QED) is 0.845. The molecular formula is C13H11F2N3S. The average Bonchev–Trinajstić information content (AvgIpc) is 2.40. The summed E-state index contributed by atoms with van der Waals surface area (Å²) in [5.74, 6) is -1.74. The first kappa shape index (κ1) is 13.4. The third kappa shape index (κ3) is 3.23. The summed E-state index contributed by atoms with van der Waals surface area (Å²) in [6.07, 6.45) is 1.58. The number of pyridine rings is 1. The standard InChI is InChI=1S/C13H11F2N3S/c14-9-4-3-8(6-10(9)15)7-18-11-2-1-5-17-12(11)13(16)19/h1-6,18H,7H2,(H2,16,19). The summed E-state index contributed by atoms with van der Waals surface area (Å²) in [5.41, 5.74) is 7.28. The first-order chi connectivity index (χ1) is 9.08. The van der Waals surface area contributed by atoms with Gasteiger partial charge in [0, 0.05) is 12.7 Å². The van der Waals surface area contributed by atoms with Crippen molar-refractivity contribution in [1.82, 2.24) is 4.98 Å². The zero-order valence-corrected chi connectivity index (χ0v) is 10.7. The van der Waals surface area contributed by atoms with Crippen molar-refractivity contribution in [2.45, 2.75) is 6.54 Å². The van der Waals surface area contributed by atoms with Gasteiger partial charge >= 0.3 is 0 Å². The Morgan fingerprint density at radius 3 is 2.74 bits per heavy atom. The molecule has 1 heterocycles. The topological polar surface area (TPSA) is 50.9 Å². The van der Waals surface area contributed by atoms with Crippen molar-refractivity contribution >= 4 is 22.9 Å². The van der Waals surface area contributed by atoms with Gasteiger partial charge in [0.2, 0.25) is 0 Å². The fourth-order valence-electron chi connectivity index (χ4n) is 1.59. The molecule has 0 aliphatic rings. The van der Waals surface area contributed by atoms with Gasteiger partial charge < -0.3 is 11.1 Å². The summed E-state index contributed by atoms with van der Waals surface area (Å²) in [5, 5.41) is 3.04. The Balaban J connectivity index is 2.14. The van der Waals surface area contributed by atoms with Crippen LogP contribution in [0.3, 0.4) is 0 Å². The third-order valence-corrected chi connectivity index (χ3v) is 2.70. The Labute approximate surface area is 114 Å². The number of thiocarbonyl (C=S) groups is 1. The molecule has 0 radical (unpaired) electrons. The van der Waals surface area contributed by atoms with E-state index in [9.17, 15) is 8.78 Å². The van der Waals surface area contributed by atoms with E-state index >= 15 is 0 Å². The largest absolute Gasteiger partial charge is 0.388 e. The summed E-state index contributed by atoms with van der Waals surface area (Å²) in [6, 6.07) is 7.22. The van der Waals surface area contributed by atoms with E-state index in [1.54, 1.807) is 18.3 Å². The van der Waals surface area contributed by atoms with Gasteiger partial charge in [0.1, 0.15) is 10.7 Å². The van der Waals surface area contributed by atoms with E-state index < -0.39 is 11.6 Å². The lowest BCUT2D eigenvalue weighted by molar-refractivity contribution is 0.507. The van der Waals surface area contributed by atoms with E-state index in [4.69, 9.17) is 18.0 Å². The smallest absolute Gasteiger partial charge is 0.159 e. The molecule has 3 N–H and O–H groups in total. The number of anilines is 1. The second kappa shape index (κ2) is 5.71. The summed E-state index contributed by atoms with van der Waals surface area (Å²) >= 11 is 4.88. The van der Waals surface area contributed by atoms with Crippen LogP contribution in [0.4, 0.5) is 14.5 Å². The van der Waals surface area contributed by atoms with Gasteiger partial charge in [-0.2, -0.15) is 0 Å². The summed E-state index contributed by atoms with van der Waals surface area (Å²) in [4.78, 5) is 4.23. The van der Waals surface area contributed by atoms with Crippen molar-refractivity contribution in [3.63, 3.8) is 0 Å². The van der Waals surface area contributed by atoms with Crippen LogP contribution in [-0.4, -0.2) is 9.97 Å². The van der Waals surface area contributed by atoms with E-state index in [1.165, 1.54) is 6.07 Å². The maximum Gasteiger partial charge on any atom is 0.159 e. The van der Waals surface area contributed by atoms with E-state index in [-0.39, 0.29) is 4.99 Å². The van der Waals surface area contributed by atoms with Gasteiger partial charge in [0.05, 0.1) is 5.69 Å². The predicted octanol–water partition coefficient (Wildman–Crippen LogP) is 2.61. The Morgan fingerprint density at radius 2 is 2.05 bits per heavy atom. The van der Waals surface area contributed by atoms with Crippen LogP contribution in [0.5, 0.6) is 0 Å². The number of nitrogens with zero attached hydrogens (tertiary/aromatic N) is 1. The lowest BCUT2D eigenvalue weighted by Crippen LogP contribution is -2.15. The molecule has 0 fully saturated rings. The molecule has 0 aliphatic carbocycles. The number of nitrogens with one attached hydrogen (secondary N) is 1. The highest BCUT2D eigenvalue weighted by Crippen LogP contribution is 2.15. The molecule has 0 spiro atoms. The molecule has 0 bridgehead atoms. The van der Waals surface area contributed by atoms with Gasteiger partial charge in [0.15, 0.2) is 11.6 Å². The number of rotatable bonds is 4. The van der Waals surface area contributed by atoms with Gasteiger partial charge in [0.25, 0.3) is 0 Å². The molecular weight excluding hydrogens is 268 g/mol. The van der Waals surface area contributed by atoms with Crippen molar-refractivity contribution in [2.24, 2.45) is 5.73 Å². The summed E-state index contributed by atoms with van der Waals surface area (Å²) in [6.45, 7) is 0.318. The number of hydrogen-bond donors (Lipinski definition) is 2. The first-order valence-electron chi connectivity index (χ1n) is 5.50. The zero-order chi connectivity index (χ0) is 13.8. The van der Waals surface area contributed by atoms with Crippen LogP contribution in [0.2, 0.25) is 0 Å². The Kier molecular flexibility index (Phi) is 4.01. The predicted molar refractivity (Wildman–Crippen MR) is 73.8 cm³/mol. The molecule has 2 rings (SSSR count). The maximum absolute atomic E-state index is 13.1. The van der Waals surface area contributed by atoms with Crippen LogP contribution < -0.4 is 11.1 Å². The monoisotopic (exact) mass is 279 g/mol. The maximum atomic E-state index is 13.1. The highest BCUT2D eigenvalue weighted by molar-refractivity contribution is 7.80. The number of aromatic nitrogens is 1. The number of nitrogens with two attached hydrogens (primary N) is 1. The Bertz CT molecular complexity index is 617. The second-order valence-corrected chi connectivity index (χ2v) is 4.31. The van der Waals surface area contributed by atoms with Crippen LogP contribution in [0.1, 0.15) is 11.3 Å². The lowest BCUT2D eigenvalue weighted by Gasteiger charge is -2.10. The minimum absolute atomic E-state index is 0.174. The van der Waals surface area contributed by atoms with Crippen molar-refractivity contribution in [3.8, 4) is 0 Å². The molecule has 0 saturated carbocycles. The molecule has 98 valence electrons. The SMILES string of the molecule is NC(=S)c1ncccc1NCc1ccc(F)c(F)c1. The molecule has 0 aliphatic heterocycles. The molecule has 0 unspecified atom stereocenters. The van der Waals surface area contributed by atoms with E-state index in [2.05, 4.69) is 10.3 Å². The lowest BCUT2D eigenvalue weighted by atomic mass is 10.2. The van der Waals surface area contributed by atoms with Crippen LogP contribution in [0, 0.1) is 11.6 Å².